The quantitative estimate of drug-likeness (QED) is 0.294. The first-order chi connectivity index (χ1) is 11.2. The van der Waals surface area contributed by atoms with Crippen LogP contribution in [-0.4, -0.2) is 58.8 Å². The Morgan fingerprint density at radius 3 is 2.87 bits per heavy atom. The van der Waals surface area contributed by atoms with Gasteiger partial charge in [-0.2, -0.15) is 0 Å². The molecule has 0 radical (unpaired) electrons. The summed E-state index contributed by atoms with van der Waals surface area (Å²) in [4.78, 5) is 11.9. The van der Waals surface area contributed by atoms with Gasteiger partial charge in [0.05, 0.1) is 19.9 Å². The lowest BCUT2D eigenvalue weighted by atomic mass is 10.2. The van der Waals surface area contributed by atoms with Gasteiger partial charge in [-0.3, -0.25) is 4.79 Å². The predicted molar refractivity (Wildman–Crippen MR) is 87.1 cm³/mol. The number of nitrogens with one attached hydrogen (secondary N) is 2. The van der Waals surface area contributed by atoms with Crippen molar-refractivity contribution in [1.29, 1.82) is 0 Å². The van der Waals surface area contributed by atoms with Crippen LogP contribution in [0.3, 0.4) is 0 Å². The highest BCUT2D eigenvalue weighted by Crippen LogP contribution is 2.13. The van der Waals surface area contributed by atoms with Gasteiger partial charge in [-0.1, -0.05) is 6.07 Å². The van der Waals surface area contributed by atoms with Crippen LogP contribution < -0.4 is 26.8 Å². The van der Waals surface area contributed by atoms with E-state index in [0.717, 1.165) is 0 Å². The van der Waals surface area contributed by atoms with E-state index in [2.05, 4.69) is 10.6 Å². The lowest BCUT2D eigenvalue weighted by Crippen LogP contribution is -2.32. The Morgan fingerprint density at radius 1 is 1.30 bits per heavy atom. The summed E-state index contributed by atoms with van der Waals surface area (Å²) in [5.74, 6) is 0.411. The molecule has 0 aliphatic heterocycles. The van der Waals surface area contributed by atoms with Crippen LogP contribution in [0.25, 0.3) is 0 Å². The van der Waals surface area contributed by atoms with E-state index in [9.17, 15) is 4.79 Å². The monoisotopic (exact) mass is 326 g/mol. The van der Waals surface area contributed by atoms with Crippen LogP contribution in [0.2, 0.25) is 0 Å². The predicted octanol–water partition coefficient (Wildman–Crippen LogP) is -0.751. The van der Waals surface area contributed by atoms with Gasteiger partial charge in [0.15, 0.2) is 0 Å². The summed E-state index contributed by atoms with van der Waals surface area (Å²) >= 11 is 0. The second kappa shape index (κ2) is 11.8. The molecule has 0 saturated carbocycles. The van der Waals surface area contributed by atoms with E-state index in [1.807, 2.05) is 7.05 Å². The molecule has 0 saturated heterocycles. The van der Waals surface area contributed by atoms with Crippen molar-refractivity contribution in [1.82, 2.24) is 10.6 Å². The van der Waals surface area contributed by atoms with E-state index in [-0.39, 0.29) is 19.2 Å². The molecular weight excluding hydrogens is 300 g/mol. The van der Waals surface area contributed by atoms with Crippen LogP contribution in [0, 0.1) is 0 Å². The second-order valence-corrected chi connectivity index (χ2v) is 4.68. The minimum atomic E-state index is -0.579. The molecular formula is C15H26N4O4. The largest absolute Gasteiger partial charge is 0.489 e. The zero-order chi connectivity index (χ0) is 16.9. The van der Waals surface area contributed by atoms with E-state index < -0.39 is 6.23 Å². The van der Waals surface area contributed by atoms with E-state index >= 15 is 0 Å². The van der Waals surface area contributed by atoms with Crippen molar-refractivity contribution in [2.45, 2.75) is 6.23 Å². The molecule has 1 amide bonds. The Balaban J connectivity index is 2.36. The summed E-state index contributed by atoms with van der Waals surface area (Å²) in [5.41, 5.74) is 11.5. The molecule has 23 heavy (non-hydrogen) atoms. The minimum Gasteiger partial charge on any atom is -0.489 e. The van der Waals surface area contributed by atoms with Crippen molar-refractivity contribution in [3.05, 3.63) is 29.8 Å². The van der Waals surface area contributed by atoms with Gasteiger partial charge in [0.2, 0.25) is 0 Å². The Kier molecular flexibility index (Phi) is 9.92. The van der Waals surface area contributed by atoms with Crippen molar-refractivity contribution >= 4 is 5.91 Å². The Hall–Kier alpha value is -1.71. The average molecular weight is 326 g/mol. The number of benzene rings is 1. The first-order valence-corrected chi connectivity index (χ1v) is 7.48. The fraction of sp³-hybridized carbons (Fsp3) is 0.533. The topological polar surface area (TPSA) is 121 Å². The first kappa shape index (κ1) is 19.3. The van der Waals surface area contributed by atoms with Crippen molar-refractivity contribution in [3.8, 4) is 5.75 Å². The van der Waals surface area contributed by atoms with Gasteiger partial charge in [0.1, 0.15) is 18.6 Å². The molecule has 1 aromatic rings. The molecule has 0 bridgehead atoms. The molecule has 8 nitrogen and oxygen atoms in total. The fourth-order valence-corrected chi connectivity index (χ4v) is 1.70. The molecule has 1 atom stereocenters. The SMILES string of the molecule is CNCCNC(=O)c1cccc(OCC(N)OCCOCN)c1. The molecule has 0 fully saturated rings. The third-order valence-corrected chi connectivity index (χ3v) is 2.85. The maximum absolute atomic E-state index is 11.9. The standard InChI is InChI=1S/C15H26N4O4/c1-18-5-6-19-15(20)12-3-2-4-13(9-12)23-10-14(17)22-8-7-21-11-16/h2-4,9,14,18H,5-8,10-11,16-17H2,1H3,(H,19,20). The van der Waals surface area contributed by atoms with Crippen molar-refractivity contribution in [3.63, 3.8) is 0 Å². The average Bonchev–Trinajstić information content (AvgIpc) is 2.57. The van der Waals surface area contributed by atoms with Gasteiger partial charge in [0.25, 0.3) is 5.91 Å². The fourth-order valence-electron chi connectivity index (χ4n) is 1.70. The number of hydrogen-bond donors (Lipinski definition) is 4. The molecule has 0 aromatic heterocycles. The van der Waals surface area contributed by atoms with Crippen LogP contribution in [0.4, 0.5) is 0 Å². The maximum atomic E-state index is 11.9. The molecule has 130 valence electrons. The molecule has 0 aliphatic rings. The highest BCUT2D eigenvalue weighted by atomic mass is 16.6. The van der Waals surface area contributed by atoms with Crippen LogP contribution in [0.1, 0.15) is 10.4 Å². The van der Waals surface area contributed by atoms with Crippen LogP contribution in [0.15, 0.2) is 24.3 Å². The molecule has 1 unspecified atom stereocenters. The normalized spacial score (nSPS) is 12.0. The van der Waals surface area contributed by atoms with Gasteiger partial charge in [-0.15, -0.1) is 0 Å². The van der Waals surface area contributed by atoms with E-state index in [1.165, 1.54) is 0 Å². The molecule has 1 aromatic carbocycles. The second-order valence-electron chi connectivity index (χ2n) is 4.68. The molecule has 0 heterocycles. The molecule has 0 aliphatic carbocycles. The van der Waals surface area contributed by atoms with Gasteiger partial charge in [0, 0.05) is 18.7 Å². The van der Waals surface area contributed by atoms with Crippen LogP contribution in [-0.2, 0) is 9.47 Å². The molecule has 1 rings (SSSR count). The summed E-state index contributed by atoms with van der Waals surface area (Å²) in [6.07, 6.45) is -0.579. The zero-order valence-corrected chi connectivity index (χ0v) is 13.4. The number of carbonyl (C=O) groups is 1. The number of rotatable bonds is 12. The van der Waals surface area contributed by atoms with Gasteiger partial charge in [-0.05, 0) is 25.2 Å². The number of likely N-dealkylation sites (N-methyl/N-ethyl adjacent to an activating group) is 1. The van der Waals surface area contributed by atoms with Gasteiger partial charge < -0.3 is 36.3 Å². The molecule has 0 spiro atoms. The lowest BCUT2D eigenvalue weighted by molar-refractivity contribution is -0.0103. The summed E-state index contributed by atoms with van der Waals surface area (Å²) in [6, 6.07) is 6.90. The Morgan fingerprint density at radius 2 is 2.13 bits per heavy atom. The van der Waals surface area contributed by atoms with E-state index in [0.29, 0.717) is 37.6 Å². The lowest BCUT2D eigenvalue weighted by Gasteiger charge is -2.14. The Labute approximate surface area is 136 Å². The number of ether oxygens (including phenoxy) is 3. The number of amides is 1. The summed E-state index contributed by atoms with van der Waals surface area (Å²) < 4.78 is 15.8. The maximum Gasteiger partial charge on any atom is 0.251 e. The highest BCUT2D eigenvalue weighted by Gasteiger charge is 2.08. The van der Waals surface area contributed by atoms with E-state index in [1.54, 1.807) is 24.3 Å². The van der Waals surface area contributed by atoms with Crippen molar-refractivity contribution < 1.29 is 19.0 Å². The number of hydrogen-bond acceptors (Lipinski definition) is 7. The third kappa shape index (κ3) is 8.48. The third-order valence-electron chi connectivity index (χ3n) is 2.85. The van der Waals surface area contributed by atoms with Crippen LogP contribution in [0.5, 0.6) is 5.75 Å². The van der Waals surface area contributed by atoms with Crippen LogP contribution >= 0.6 is 0 Å². The molecule has 6 N–H and O–H groups in total. The smallest absolute Gasteiger partial charge is 0.251 e. The summed E-state index contributed by atoms with van der Waals surface area (Å²) in [7, 11) is 1.83. The Bertz CT molecular complexity index is 459. The summed E-state index contributed by atoms with van der Waals surface area (Å²) in [5, 5.41) is 5.76. The summed E-state index contributed by atoms with van der Waals surface area (Å²) in [6.45, 7) is 2.32. The number of carbonyl (C=O) groups excluding carboxylic acids is 1. The molecule has 8 heteroatoms. The highest BCUT2D eigenvalue weighted by molar-refractivity contribution is 5.94. The zero-order valence-electron chi connectivity index (χ0n) is 13.4. The number of nitrogens with two attached hydrogens (primary N) is 2. The van der Waals surface area contributed by atoms with E-state index in [4.69, 9.17) is 25.7 Å². The van der Waals surface area contributed by atoms with Gasteiger partial charge in [-0.25, -0.2) is 0 Å². The van der Waals surface area contributed by atoms with Crippen molar-refractivity contribution in [2.24, 2.45) is 11.5 Å². The van der Waals surface area contributed by atoms with Gasteiger partial charge >= 0.3 is 0 Å². The minimum absolute atomic E-state index is 0.148. The van der Waals surface area contributed by atoms with Crippen molar-refractivity contribution in [2.75, 3.05) is 46.7 Å². The first-order valence-electron chi connectivity index (χ1n) is 7.48.